The van der Waals surface area contributed by atoms with Crippen molar-refractivity contribution in [1.82, 2.24) is 5.32 Å². The fourth-order valence-corrected chi connectivity index (χ4v) is 2.89. The molecule has 1 aromatic heterocycles. The molecule has 0 fully saturated rings. The minimum atomic E-state index is 0.516. The molecule has 0 aliphatic carbocycles. The van der Waals surface area contributed by atoms with Crippen LogP contribution in [-0.4, -0.2) is 6.04 Å². The Balaban J connectivity index is 1.88. The van der Waals surface area contributed by atoms with Gasteiger partial charge in [0, 0.05) is 22.3 Å². The van der Waals surface area contributed by atoms with Gasteiger partial charge in [0.25, 0.3) is 0 Å². The van der Waals surface area contributed by atoms with Gasteiger partial charge in [-0.05, 0) is 40.2 Å². The molecule has 0 saturated carbocycles. The molecule has 2 nitrogen and oxygen atoms in total. The molecule has 0 radical (unpaired) electrons. The number of hydrogen-bond donors (Lipinski definition) is 1. The lowest BCUT2D eigenvalue weighted by Gasteiger charge is -2.06. The highest BCUT2D eigenvalue weighted by Gasteiger charge is 2.04. The van der Waals surface area contributed by atoms with E-state index in [9.17, 15) is 0 Å². The zero-order valence-electron chi connectivity index (χ0n) is 11.2. The van der Waals surface area contributed by atoms with Crippen LogP contribution in [0.25, 0.3) is 0 Å². The summed E-state index contributed by atoms with van der Waals surface area (Å²) in [6.45, 7) is 5.86. The monoisotopic (exact) mass is 339 g/mol. The summed E-state index contributed by atoms with van der Waals surface area (Å²) in [5.41, 5.74) is 0. The minimum absolute atomic E-state index is 0.516. The number of benzene rings is 1. The Bertz CT molecular complexity index is 524. The molecule has 0 amide bonds. The molecule has 102 valence electrons. The normalized spacial score (nSPS) is 10.9. The van der Waals surface area contributed by atoms with Crippen LogP contribution in [0, 0.1) is 0 Å². The molecule has 1 aromatic carbocycles. The van der Waals surface area contributed by atoms with E-state index in [-0.39, 0.29) is 0 Å². The lowest BCUT2D eigenvalue weighted by molar-refractivity contribution is 0.308. The molecule has 0 unspecified atom stereocenters. The third-order valence-electron chi connectivity index (χ3n) is 2.61. The lowest BCUT2D eigenvalue weighted by Crippen LogP contribution is -2.21. The maximum absolute atomic E-state index is 5.80. The van der Waals surface area contributed by atoms with E-state index < -0.39 is 0 Å². The highest BCUT2D eigenvalue weighted by atomic mass is 79.9. The van der Waals surface area contributed by atoms with Crippen LogP contribution in [0.3, 0.4) is 0 Å². The van der Waals surface area contributed by atoms with Crippen LogP contribution in [-0.2, 0) is 13.2 Å². The summed E-state index contributed by atoms with van der Waals surface area (Å²) in [5, 5.41) is 3.42. The van der Waals surface area contributed by atoms with E-state index in [2.05, 4.69) is 47.2 Å². The van der Waals surface area contributed by atoms with Crippen molar-refractivity contribution in [2.45, 2.75) is 33.0 Å². The third-order valence-corrected chi connectivity index (χ3v) is 4.32. The first-order chi connectivity index (χ1) is 9.15. The first-order valence-corrected chi connectivity index (χ1v) is 7.94. The van der Waals surface area contributed by atoms with Crippen molar-refractivity contribution < 1.29 is 4.74 Å². The van der Waals surface area contributed by atoms with Crippen LogP contribution in [0.15, 0.2) is 40.9 Å². The Morgan fingerprint density at radius 2 is 1.89 bits per heavy atom. The second-order valence-corrected chi connectivity index (χ2v) is 6.73. The molecule has 1 N–H and O–H groups in total. The highest BCUT2D eigenvalue weighted by molar-refractivity contribution is 9.10. The van der Waals surface area contributed by atoms with Crippen LogP contribution >= 0.6 is 27.3 Å². The van der Waals surface area contributed by atoms with E-state index in [1.54, 1.807) is 11.3 Å². The molecule has 19 heavy (non-hydrogen) atoms. The smallest absolute Gasteiger partial charge is 0.134 e. The second-order valence-electron chi connectivity index (χ2n) is 4.62. The minimum Gasteiger partial charge on any atom is -0.487 e. The molecule has 4 heteroatoms. The summed E-state index contributed by atoms with van der Waals surface area (Å²) in [6, 6.07) is 12.7. The zero-order valence-corrected chi connectivity index (χ0v) is 13.6. The number of ether oxygens (including phenoxy) is 1. The highest BCUT2D eigenvalue weighted by Crippen LogP contribution is 2.26. The summed E-state index contributed by atoms with van der Waals surface area (Å²) < 4.78 is 6.80. The van der Waals surface area contributed by atoms with Crippen molar-refractivity contribution >= 4 is 27.3 Å². The quantitative estimate of drug-likeness (QED) is 0.831. The van der Waals surface area contributed by atoms with E-state index in [0.717, 1.165) is 16.8 Å². The summed E-state index contributed by atoms with van der Waals surface area (Å²) in [7, 11) is 0. The van der Waals surface area contributed by atoms with Crippen molar-refractivity contribution in [2.75, 3.05) is 0 Å². The third kappa shape index (κ3) is 4.64. The van der Waals surface area contributed by atoms with Crippen molar-refractivity contribution in [1.29, 1.82) is 0 Å². The zero-order chi connectivity index (χ0) is 13.7. The first kappa shape index (κ1) is 14.6. The van der Waals surface area contributed by atoms with Gasteiger partial charge in [-0.3, -0.25) is 0 Å². The Morgan fingerprint density at radius 3 is 2.63 bits per heavy atom. The molecule has 0 aliphatic heterocycles. The van der Waals surface area contributed by atoms with E-state index in [4.69, 9.17) is 4.74 Å². The summed E-state index contributed by atoms with van der Waals surface area (Å²) >= 11 is 5.28. The molecule has 2 rings (SSSR count). The molecule has 0 spiro atoms. The molecule has 0 bridgehead atoms. The molecule has 0 saturated heterocycles. The maximum atomic E-state index is 5.80. The van der Waals surface area contributed by atoms with Crippen LogP contribution in [0.4, 0.5) is 0 Å². The van der Waals surface area contributed by atoms with Gasteiger partial charge in [0.05, 0.1) is 4.47 Å². The Hall–Kier alpha value is -0.840. The average molecular weight is 340 g/mol. The topological polar surface area (TPSA) is 21.3 Å². The van der Waals surface area contributed by atoms with E-state index in [1.165, 1.54) is 9.75 Å². The molecular weight excluding hydrogens is 322 g/mol. The van der Waals surface area contributed by atoms with Gasteiger partial charge in [-0.25, -0.2) is 0 Å². The van der Waals surface area contributed by atoms with Crippen molar-refractivity contribution in [2.24, 2.45) is 0 Å². The van der Waals surface area contributed by atoms with Gasteiger partial charge in [0.1, 0.15) is 12.4 Å². The van der Waals surface area contributed by atoms with Gasteiger partial charge in [-0.2, -0.15) is 0 Å². The summed E-state index contributed by atoms with van der Waals surface area (Å²) in [6.07, 6.45) is 0. The Labute approximate surface area is 126 Å². The molecule has 2 aromatic rings. The van der Waals surface area contributed by atoms with E-state index in [1.807, 2.05) is 24.3 Å². The SMILES string of the molecule is CC(C)NCc1ccc(COc2ccccc2Br)s1. The van der Waals surface area contributed by atoms with Gasteiger partial charge < -0.3 is 10.1 Å². The van der Waals surface area contributed by atoms with Crippen LogP contribution < -0.4 is 10.1 Å². The van der Waals surface area contributed by atoms with Gasteiger partial charge in [0.15, 0.2) is 0 Å². The van der Waals surface area contributed by atoms with E-state index >= 15 is 0 Å². The van der Waals surface area contributed by atoms with Crippen LogP contribution in [0.2, 0.25) is 0 Å². The van der Waals surface area contributed by atoms with E-state index in [0.29, 0.717) is 12.6 Å². The number of rotatable bonds is 6. The largest absolute Gasteiger partial charge is 0.487 e. The predicted octanol–water partition coefficient (Wildman–Crippen LogP) is 4.59. The maximum Gasteiger partial charge on any atom is 0.134 e. The standard InChI is InChI=1S/C15H18BrNOS/c1-11(2)17-9-12-7-8-13(19-12)10-18-15-6-4-3-5-14(15)16/h3-8,11,17H,9-10H2,1-2H3. The van der Waals surface area contributed by atoms with Crippen molar-refractivity contribution in [3.8, 4) is 5.75 Å². The Kier molecular flexibility index (Phi) is 5.43. The van der Waals surface area contributed by atoms with Gasteiger partial charge in [0.2, 0.25) is 0 Å². The average Bonchev–Trinajstić information content (AvgIpc) is 2.83. The van der Waals surface area contributed by atoms with Crippen molar-refractivity contribution in [3.05, 3.63) is 50.6 Å². The van der Waals surface area contributed by atoms with Gasteiger partial charge in [-0.15, -0.1) is 11.3 Å². The fraction of sp³-hybridized carbons (Fsp3) is 0.333. The van der Waals surface area contributed by atoms with Crippen molar-refractivity contribution in [3.63, 3.8) is 0 Å². The van der Waals surface area contributed by atoms with Gasteiger partial charge >= 0.3 is 0 Å². The number of nitrogens with one attached hydrogen (secondary N) is 1. The first-order valence-electron chi connectivity index (χ1n) is 6.33. The number of thiophene rings is 1. The molecule has 0 aliphatic rings. The summed E-state index contributed by atoms with van der Waals surface area (Å²) in [4.78, 5) is 2.59. The van der Waals surface area contributed by atoms with Gasteiger partial charge in [-0.1, -0.05) is 26.0 Å². The number of para-hydroxylation sites is 1. The molecule has 1 heterocycles. The molecular formula is C15H18BrNOS. The van der Waals surface area contributed by atoms with Crippen LogP contribution in [0.1, 0.15) is 23.6 Å². The second kappa shape index (κ2) is 7.08. The number of halogens is 1. The Morgan fingerprint density at radius 1 is 1.16 bits per heavy atom. The molecule has 0 atom stereocenters. The van der Waals surface area contributed by atoms with Crippen LogP contribution in [0.5, 0.6) is 5.75 Å². The predicted molar refractivity (Wildman–Crippen MR) is 84.8 cm³/mol. The fourth-order valence-electron chi connectivity index (χ4n) is 1.61. The lowest BCUT2D eigenvalue weighted by atomic mass is 10.3. The summed E-state index contributed by atoms with van der Waals surface area (Å²) in [5.74, 6) is 0.887. The number of hydrogen-bond acceptors (Lipinski definition) is 3.